The summed E-state index contributed by atoms with van der Waals surface area (Å²) in [5.41, 5.74) is 1.03. The van der Waals surface area contributed by atoms with Gasteiger partial charge in [0, 0.05) is 25.7 Å². The zero-order valence-corrected chi connectivity index (χ0v) is 20.5. The van der Waals surface area contributed by atoms with Gasteiger partial charge in [-0.2, -0.15) is 9.97 Å². The van der Waals surface area contributed by atoms with Crippen molar-refractivity contribution in [3.05, 3.63) is 60.2 Å². The fourth-order valence-electron chi connectivity index (χ4n) is 4.22. The van der Waals surface area contributed by atoms with E-state index in [0.717, 1.165) is 48.1 Å². The molecule has 35 heavy (non-hydrogen) atoms. The van der Waals surface area contributed by atoms with E-state index in [-0.39, 0.29) is 0 Å². The number of nitrogens with zero attached hydrogens (tertiary/aromatic N) is 3. The van der Waals surface area contributed by atoms with Gasteiger partial charge in [-0.3, -0.25) is 0 Å². The molecule has 0 radical (unpaired) electrons. The molecule has 0 aliphatic carbocycles. The molecule has 2 aliphatic rings. The average Bonchev–Trinajstić information content (AvgIpc) is 2.88. The van der Waals surface area contributed by atoms with E-state index in [9.17, 15) is 0 Å². The monoisotopic (exact) mass is 491 g/mol. The van der Waals surface area contributed by atoms with Gasteiger partial charge >= 0.3 is 0 Å². The molecule has 2 aliphatic heterocycles. The van der Waals surface area contributed by atoms with Crippen LogP contribution in [0.5, 0.6) is 23.1 Å². The van der Waals surface area contributed by atoms with E-state index in [0.29, 0.717) is 42.6 Å². The van der Waals surface area contributed by atoms with Crippen molar-refractivity contribution in [2.45, 2.75) is 26.3 Å². The largest absolute Gasteiger partial charge is 0.486 e. The van der Waals surface area contributed by atoms with Gasteiger partial charge in [-0.15, -0.1) is 0 Å². The molecular formula is C26H29N5O3S. The standard InChI is InChI=1S/C26H29N5O3S/c1-18-6-5-11-31(17-18)23-15-24(34-20-7-3-2-4-8-20)29-25(28-23)30-26(35)27-16-19-9-10-21-22(14-19)33-13-12-32-21/h2-4,7-10,14-15,18H,5-6,11-13,16-17H2,1H3,(H2,27,28,29,30,35)/t18-/m0/s1. The van der Waals surface area contributed by atoms with Crippen molar-refractivity contribution in [2.24, 2.45) is 5.92 Å². The second-order valence-electron chi connectivity index (χ2n) is 8.78. The summed E-state index contributed by atoms with van der Waals surface area (Å²) in [6.07, 6.45) is 2.37. The van der Waals surface area contributed by atoms with Crippen LogP contribution in [0.1, 0.15) is 25.3 Å². The second-order valence-corrected chi connectivity index (χ2v) is 9.19. The number of thiocarbonyl (C=S) groups is 1. The highest BCUT2D eigenvalue weighted by Crippen LogP contribution is 2.31. The first-order valence-corrected chi connectivity index (χ1v) is 12.3. The Morgan fingerprint density at radius 3 is 2.74 bits per heavy atom. The summed E-state index contributed by atoms with van der Waals surface area (Å²) in [6, 6.07) is 17.4. The van der Waals surface area contributed by atoms with Crippen molar-refractivity contribution in [1.82, 2.24) is 15.3 Å². The normalized spacial score (nSPS) is 16.9. The van der Waals surface area contributed by atoms with Crippen molar-refractivity contribution in [1.29, 1.82) is 0 Å². The van der Waals surface area contributed by atoms with Crippen LogP contribution < -0.4 is 29.7 Å². The van der Waals surface area contributed by atoms with Crippen molar-refractivity contribution in [3.63, 3.8) is 0 Å². The van der Waals surface area contributed by atoms with Crippen LogP contribution in [0.3, 0.4) is 0 Å². The molecule has 1 saturated heterocycles. The van der Waals surface area contributed by atoms with Crippen LogP contribution in [0.2, 0.25) is 0 Å². The zero-order chi connectivity index (χ0) is 24.0. The molecule has 0 unspecified atom stereocenters. The quantitative estimate of drug-likeness (QED) is 0.474. The summed E-state index contributed by atoms with van der Waals surface area (Å²) < 4.78 is 17.3. The number of rotatable bonds is 6. The highest BCUT2D eigenvalue weighted by Gasteiger charge is 2.20. The first-order valence-electron chi connectivity index (χ1n) is 11.9. The van der Waals surface area contributed by atoms with Crippen molar-refractivity contribution >= 4 is 29.1 Å². The van der Waals surface area contributed by atoms with Gasteiger partial charge in [0.2, 0.25) is 11.8 Å². The lowest BCUT2D eigenvalue weighted by molar-refractivity contribution is 0.171. The van der Waals surface area contributed by atoms with E-state index >= 15 is 0 Å². The fourth-order valence-corrected chi connectivity index (χ4v) is 4.38. The molecule has 1 aromatic heterocycles. The van der Waals surface area contributed by atoms with Crippen LogP contribution in [-0.4, -0.2) is 41.4 Å². The molecule has 8 nitrogen and oxygen atoms in total. The van der Waals surface area contributed by atoms with Gasteiger partial charge < -0.3 is 29.7 Å². The predicted octanol–water partition coefficient (Wildman–Crippen LogP) is 4.76. The van der Waals surface area contributed by atoms with Gasteiger partial charge in [0.15, 0.2) is 16.6 Å². The summed E-state index contributed by atoms with van der Waals surface area (Å²) in [6.45, 7) is 5.83. The van der Waals surface area contributed by atoms with Crippen molar-refractivity contribution < 1.29 is 14.2 Å². The number of aromatic nitrogens is 2. The number of fused-ring (bicyclic) bond motifs is 1. The molecule has 9 heteroatoms. The maximum Gasteiger partial charge on any atom is 0.234 e. The molecule has 0 saturated carbocycles. The van der Waals surface area contributed by atoms with Crippen molar-refractivity contribution in [3.8, 4) is 23.1 Å². The number of para-hydroxylation sites is 1. The third kappa shape index (κ3) is 6.10. The number of nitrogens with one attached hydrogen (secondary N) is 2. The molecule has 1 fully saturated rings. The Morgan fingerprint density at radius 1 is 1.09 bits per heavy atom. The van der Waals surface area contributed by atoms with Gasteiger partial charge in [-0.25, -0.2) is 0 Å². The molecule has 182 valence electrons. The van der Waals surface area contributed by atoms with Crippen LogP contribution in [0.25, 0.3) is 0 Å². The lowest BCUT2D eigenvalue weighted by Crippen LogP contribution is -2.35. The lowest BCUT2D eigenvalue weighted by Gasteiger charge is -2.32. The van der Waals surface area contributed by atoms with Gasteiger partial charge in [-0.05, 0) is 60.8 Å². The Hall–Kier alpha value is -3.59. The van der Waals surface area contributed by atoms with Crippen LogP contribution in [-0.2, 0) is 6.54 Å². The molecule has 2 aromatic carbocycles. The molecule has 0 amide bonds. The first kappa shape index (κ1) is 23.2. The van der Waals surface area contributed by atoms with Crippen LogP contribution in [0.15, 0.2) is 54.6 Å². The number of piperidine rings is 1. The van der Waals surface area contributed by atoms with E-state index in [1.807, 2.05) is 54.6 Å². The Bertz CT molecular complexity index is 1180. The van der Waals surface area contributed by atoms with Crippen molar-refractivity contribution in [2.75, 3.05) is 36.5 Å². The van der Waals surface area contributed by atoms with Crippen LogP contribution in [0.4, 0.5) is 11.8 Å². The molecule has 2 N–H and O–H groups in total. The highest BCUT2D eigenvalue weighted by molar-refractivity contribution is 7.80. The molecule has 1 atom stereocenters. The van der Waals surface area contributed by atoms with E-state index in [1.54, 1.807) is 0 Å². The zero-order valence-electron chi connectivity index (χ0n) is 19.7. The summed E-state index contributed by atoms with van der Waals surface area (Å²) >= 11 is 5.54. The van der Waals surface area contributed by atoms with Crippen LogP contribution in [0, 0.1) is 5.92 Å². The second kappa shape index (κ2) is 10.8. The molecular weight excluding hydrogens is 462 g/mol. The minimum Gasteiger partial charge on any atom is -0.486 e. The third-order valence-electron chi connectivity index (χ3n) is 5.92. The summed E-state index contributed by atoms with van der Waals surface area (Å²) in [4.78, 5) is 11.6. The van der Waals surface area contributed by atoms with Gasteiger partial charge in [0.05, 0.1) is 0 Å². The summed E-state index contributed by atoms with van der Waals surface area (Å²) in [5, 5.41) is 6.77. The van der Waals surface area contributed by atoms with Gasteiger partial charge in [0.1, 0.15) is 24.8 Å². The van der Waals surface area contributed by atoms with Gasteiger partial charge in [0.25, 0.3) is 0 Å². The molecule has 0 bridgehead atoms. The first-order chi connectivity index (χ1) is 17.1. The smallest absolute Gasteiger partial charge is 0.234 e. The molecule has 3 heterocycles. The predicted molar refractivity (Wildman–Crippen MR) is 140 cm³/mol. The van der Waals surface area contributed by atoms with Crippen LogP contribution >= 0.6 is 12.2 Å². The summed E-state index contributed by atoms with van der Waals surface area (Å²) in [5.74, 6) is 4.54. The van der Waals surface area contributed by atoms with E-state index < -0.39 is 0 Å². The van der Waals surface area contributed by atoms with Gasteiger partial charge in [-0.1, -0.05) is 31.2 Å². The number of hydrogen-bond donors (Lipinski definition) is 2. The average molecular weight is 492 g/mol. The summed E-state index contributed by atoms with van der Waals surface area (Å²) in [7, 11) is 0. The maximum absolute atomic E-state index is 6.03. The SMILES string of the molecule is C[C@H]1CCCN(c2cc(Oc3ccccc3)nc(NC(=S)NCc3ccc4c(c3)OCCO4)n2)C1. The maximum atomic E-state index is 6.03. The minimum absolute atomic E-state index is 0.395. The topological polar surface area (TPSA) is 80.8 Å². The number of benzene rings is 2. The Kier molecular flexibility index (Phi) is 7.13. The lowest BCUT2D eigenvalue weighted by atomic mass is 10.0. The highest BCUT2D eigenvalue weighted by atomic mass is 32.1. The number of anilines is 2. The van der Waals surface area contributed by atoms with E-state index in [4.69, 9.17) is 31.4 Å². The Labute approximate surface area is 210 Å². The molecule has 5 rings (SSSR count). The van der Waals surface area contributed by atoms with E-state index in [2.05, 4.69) is 27.4 Å². The molecule has 0 spiro atoms. The molecule has 3 aromatic rings. The Morgan fingerprint density at radius 2 is 1.91 bits per heavy atom. The number of ether oxygens (including phenoxy) is 3. The minimum atomic E-state index is 0.395. The third-order valence-corrected chi connectivity index (χ3v) is 6.17. The number of hydrogen-bond acceptors (Lipinski definition) is 7. The fraction of sp³-hybridized carbons (Fsp3) is 0.346. The Balaban J connectivity index is 1.29. The van der Waals surface area contributed by atoms with E-state index in [1.165, 1.54) is 6.42 Å².